The van der Waals surface area contributed by atoms with Crippen molar-refractivity contribution in [1.82, 2.24) is 15.0 Å². The van der Waals surface area contributed by atoms with Crippen molar-refractivity contribution in [3.05, 3.63) is 211 Å². The summed E-state index contributed by atoms with van der Waals surface area (Å²) in [5.41, 5.74) is 18.5. The van der Waals surface area contributed by atoms with Gasteiger partial charge in [0, 0.05) is 22.1 Å². The summed E-state index contributed by atoms with van der Waals surface area (Å²) >= 11 is 0. The average Bonchev–Trinajstić information content (AvgIpc) is 3.60. The third-order valence-corrected chi connectivity index (χ3v) is 12.8. The summed E-state index contributed by atoms with van der Waals surface area (Å²) < 4.78 is 0. The van der Waals surface area contributed by atoms with Gasteiger partial charge in [-0.05, 0) is 91.7 Å². The van der Waals surface area contributed by atoms with Gasteiger partial charge < -0.3 is 0 Å². The molecule has 286 valence electrons. The van der Waals surface area contributed by atoms with Crippen LogP contribution >= 0.6 is 0 Å². The molecule has 0 atom stereocenters. The number of aromatic nitrogens is 3. The lowest BCUT2D eigenvalue weighted by Crippen LogP contribution is -2.28. The second-order valence-electron chi connectivity index (χ2n) is 16.3. The molecular formula is C57H43N3. The molecule has 0 saturated heterocycles. The lowest BCUT2D eigenvalue weighted by atomic mass is 9.67. The second-order valence-corrected chi connectivity index (χ2v) is 16.3. The number of fused-ring (bicyclic) bond motifs is 5. The first-order valence-electron chi connectivity index (χ1n) is 21.2. The molecule has 2 aliphatic carbocycles. The van der Waals surface area contributed by atoms with Gasteiger partial charge in [0.15, 0.2) is 17.5 Å². The monoisotopic (exact) mass is 769 g/mol. The Labute approximate surface area is 352 Å². The van der Waals surface area contributed by atoms with Crippen molar-refractivity contribution in [2.24, 2.45) is 0 Å². The zero-order valence-corrected chi connectivity index (χ0v) is 33.4. The van der Waals surface area contributed by atoms with E-state index >= 15 is 0 Å². The smallest absolute Gasteiger partial charge is 0.164 e. The molecule has 0 radical (unpaired) electrons. The van der Waals surface area contributed by atoms with Gasteiger partial charge in [0.1, 0.15) is 0 Å². The van der Waals surface area contributed by atoms with Crippen LogP contribution in [0.25, 0.3) is 89.8 Å². The van der Waals surface area contributed by atoms with E-state index in [1.54, 1.807) is 5.56 Å². The molecule has 8 aromatic carbocycles. The van der Waals surface area contributed by atoms with E-state index in [1.807, 2.05) is 36.4 Å². The molecule has 9 aromatic rings. The molecule has 1 heterocycles. The summed E-state index contributed by atoms with van der Waals surface area (Å²) in [4.78, 5) is 15.0. The molecule has 0 bridgehead atoms. The molecule has 3 nitrogen and oxygen atoms in total. The van der Waals surface area contributed by atoms with Crippen molar-refractivity contribution < 1.29 is 0 Å². The third kappa shape index (κ3) is 6.53. The Morgan fingerprint density at radius 2 is 0.650 bits per heavy atom. The summed E-state index contributed by atoms with van der Waals surface area (Å²) in [6.45, 7) is 0. The Morgan fingerprint density at radius 3 is 1.25 bits per heavy atom. The van der Waals surface area contributed by atoms with Crippen LogP contribution < -0.4 is 0 Å². The fourth-order valence-electron chi connectivity index (χ4n) is 9.67. The predicted molar refractivity (Wildman–Crippen MR) is 247 cm³/mol. The second kappa shape index (κ2) is 15.2. The number of nitrogens with zero attached hydrogens (tertiary/aromatic N) is 3. The minimum Gasteiger partial charge on any atom is -0.208 e. The van der Waals surface area contributed by atoms with Gasteiger partial charge in [-0.3, -0.25) is 0 Å². The number of rotatable bonds is 7. The first-order chi connectivity index (χ1) is 29.7. The summed E-state index contributed by atoms with van der Waals surface area (Å²) in [6.07, 6.45) is 6.46. The first-order valence-corrected chi connectivity index (χ1v) is 21.2. The molecule has 11 rings (SSSR count). The zero-order valence-electron chi connectivity index (χ0n) is 33.4. The summed E-state index contributed by atoms with van der Waals surface area (Å²) in [5, 5.41) is 0. The maximum absolute atomic E-state index is 5.03. The highest BCUT2D eigenvalue weighted by Crippen LogP contribution is 2.56. The van der Waals surface area contributed by atoms with Crippen LogP contribution in [0.15, 0.2) is 200 Å². The first kappa shape index (κ1) is 35.9. The summed E-state index contributed by atoms with van der Waals surface area (Å²) in [6, 6.07) is 71.8. The molecule has 0 amide bonds. The average molecular weight is 770 g/mol. The maximum atomic E-state index is 5.03. The molecular weight excluding hydrogens is 727 g/mol. The summed E-state index contributed by atoms with van der Waals surface area (Å²) in [7, 11) is 0. The van der Waals surface area contributed by atoms with Crippen LogP contribution in [0.3, 0.4) is 0 Å². The van der Waals surface area contributed by atoms with Crippen LogP contribution in [-0.4, -0.2) is 15.0 Å². The van der Waals surface area contributed by atoms with Crippen molar-refractivity contribution >= 4 is 0 Å². The summed E-state index contributed by atoms with van der Waals surface area (Å²) in [5.74, 6) is 1.95. The SMILES string of the molecule is c1ccc(-c2cccc(-c3nc(-c4ccccc4)nc(-c4ccc(-c5ccc(-c6ccc(-c7ccc8c(c7)C7(CCCCC7)c7ccccc7-8)cc6)cc5)cc4)n3)c2)cc1. The van der Waals surface area contributed by atoms with Crippen LogP contribution in [0, 0.1) is 0 Å². The Kier molecular flexibility index (Phi) is 9.08. The topological polar surface area (TPSA) is 38.7 Å². The van der Waals surface area contributed by atoms with E-state index in [0.29, 0.717) is 17.5 Å². The molecule has 2 aliphatic rings. The molecule has 0 aliphatic heterocycles. The van der Waals surface area contributed by atoms with Gasteiger partial charge in [0.25, 0.3) is 0 Å². The Bertz CT molecular complexity index is 2960. The number of hydrogen-bond acceptors (Lipinski definition) is 3. The normalized spacial score (nSPS) is 13.8. The Balaban J connectivity index is 0.846. The van der Waals surface area contributed by atoms with E-state index in [0.717, 1.165) is 38.9 Å². The fourth-order valence-corrected chi connectivity index (χ4v) is 9.67. The van der Waals surface area contributed by atoms with E-state index in [9.17, 15) is 0 Å². The molecule has 1 fully saturated rings. The van der Waals surface area contributed by atoms with Gasteiger partial charge in [0.05, 0.1) is 0 Å². The van der Waals surface area contributed by atoms with Crippen molar-refractivity contribution in [1.29, 1.82) is 0 Å². The van der Waals surface area contributed by atoms with Gasteiger partial charge in [-0.2, -0.15) is 0 Å². The number of benzene rings is 8. The standard InChI is InChI=1S/C57H43N3/c1-4-13-39(14-5-1)47-17-12-18-49(37-47)56-59-54(45-15-6-2-7-16-45)58-55(60-56)46-31-29-43(30-32-46)41-23-21-40(22-24-41)42-25-27-44(28-26-42)48-33-34-51-50-19-8-9-20-52(50)57(53(51)38-48)35-10-3-11-36-57/h1-2,4-9,12-34,37-38H,3,10-11,35-36H2. The van der Waals surface area contributed by atoms with Crippen LogP contribution in [0.4, 0.5) is 0 Å². The minimum absolute atomic E-state index is 0.167. The van der Waals surface area contributed by atoms with Gasteiger partial charge in [0.2, 0.25) is 0 Å². The highest BCUT2D eigenvalue weighted by atomic mass is 15.0. The highest BCUT2D eigenvalue weighted by Gasteiger charge is 2.43. The van der Waals surface area contributed by atoms with Gasteiger partial charge >= 0.3 is 0 Å². The zero-order chi connectivity index (χ0) is 39.9. The minimum atomic E-state index is 0.167. The van der Waals surface area contributed by atoms with E-state index in [4.69, 9.17) is 15.0 Å². The fraction of sp³-hybridized carbons (Fsp3) is 0.105. The quantitative estimate of drug-likeness (QED) is 0.162. The molecule has 1 aromatic heterocycles. The predicted octanol–water partition coefficient (Wildman–Crippen LogP) is 14.8. The van der Waals surface area contributed by atoms with Crippen molar-refractivity contribution in [2.75, 3.05) is 0 Å². The van der Waals surface area contributed by atoms with Crippen LogP contribution in [0.1, 0.15) is 43.2 Å². The molecule has 0 unspecified atom stereocenters. The molecule has 1 saturated carbocycles. The van der Waals surface area contributed by atoms with E-state index in [1.165, 1.54) is 71.0 Å². The maximum Gasteiger partial charge on any atom is 0.164 e. The van der Waals surface area contributed by atoms with Crippen molar-refractivity contribution in [3.63, 3.8) is 0 Å². The Morgan fingerprint density at radius 1 is 0.267 bits per heavy atom. The van der Waals surface area contributed by atoms with Crippen LogP contribution in [-0.2, 0) is 5.41 Å². The molecule has 1 spiro atoms. The van der Waals surface area contributed by atoms with E-state index in [-0.39, 0.29) is 5.41 Å². The van der Waals surface area contributed by atoms with Crippen molar-refractivity contribution in [3.8, 4) is 89.8 Å². The van der Waals surface area contributed by atoms with Crippen LogP contribution in [0.5, 0.6) is 0 Å². The highest BCUT2D eigenvalue weighted by molar-refractivity contribution is 5.84. The molecule has 0 N–H and O–H groups in total. The van der Waals surface area contributed by atoms with E-state index < -0.39 is 0 Å². The Hall–Kier alpha value is -7.23. The molecule has 3 heteroatoms. The number of hydrogen-bond donors (Lipinski definition) is 0. The van der Waals surface area contributed by atoms with Gasteiger partial charge in [-0.15, -0.1) is 0 Å². The largest absolute Gasteiger partial charge is 0.208 e. The third-order valence-electron chi connectivity index (χ3n) is 12.8. The lowest BCUT2D eigenvalue weighted by Gasteiger charge is -2.36. The van der Waals surface area contributed by atoms with Gasteiger partial charge in [-0.1, -0.05) is 207 Å². The molecule has 60 heavy (non-hydrogen) atoms. The van der Waals surface area contributed by atoms with Crippen LogP contribution in [0.2, 0.25) is 0 Å². The van der Waals surface area contributed by atoms with Crippen molar-refractivity contribution in [2.45, 2.75) is 37.5 Å². The lowest BCUT2D eigenvalue weighted by molar-refractivity contribution is 0.353. The van der Waals surface area contributed by atoms with E-state index in [2.05, 4.69) is 164 Å². The van der Waals surface area contributed by atoms with Gasteiger partial charge in [-0.25, -0.2) is 15.0 Å².